The molecule has 3 aromatic carbocycles. The van der Waals surface area contributed by atoms with Crippen LogP contribution in [0.5, 0.6) is 17.2 Å². The standard InChI is InChI=1S/C60H99O3SSi3.6FH.Sb/c1-13-16-19-22-25-40-58(4,5)65-43-28-31-49-46-52(34-37-55(49)61-10)64(53-35-38-56(62-11)50(47-53)32-29-44-66-59(6,7)41-26-23-20-17-14-2)54-36-39-57(63-12)51(48-54)33-30-45-67-60(8,9)42-27-24-21-18-15-3;;;;;;;/h34-39,46-48H,13-33,40-45H2,1-12H3;6*1H;/q+1;;;;;;;+5/p-6. The fourth-order valence-electron chi connectivity index (χ4n) is 9.53. The van der Waals surface area contributed by atoms with Crippen molar-refractivity contribution in [3.8, 4) is 17.2 Å². The van der Waals surface area contributed by atoms with Gasteiger partial charge in [-0.2, -0.15) is 0 Å². The Kier molecular flexibility index (Phi) is 30.7. The Hall–Kier alpha value is -1.54. The van der Waals surface area contributed by atoms with E-state index in [0.29, 0.717) is 15.1 Å². The molecule has 0 aliphatic heterocycles. The van der Waals surface area contributed by atoms with E-state index in [1.807, 2.05) is 21.3 Å². The van der Waals surface area contributed by atoms with Crippen LogP contribution < -0.4 is 14.2 Å². The maximum absolute atomic E-state index is 11.2. The summed E-state index contributed by atoms with van der Waals surface area (Å²) in [6, 6.07) is 25.1. The van der Waals surface area contributed by atoms with Gasteiger partial charge in [0.05, 0.1) is 32.2 Å². The van der Waals surface area contributed by atoms with Crippen molar-refractivity contribution in [3.63, 3.8) is 0 Å². The molecule has 0 fully saturated rings. The summed E-state index contributed by atoms with van der Waals surface area (Å²) >= 11 is -11.2. The van der Waals surface area contributed by atoms with E-state index < -0.39 is 19.5 Å². The van der Waals surface area contributed by atoms with Gasteiger partial charge in [0, 0.05) is 46.8 Å². The van der Waals surface area contributed by atoms with Crippen molar-refractivity contribution in [1.82, 2.24) is 0 Å². The van der Waals surface area contributed by atoms with E-state index in [-0.39, 0.29) is 10.9 Å². The second-order valence-electron chi connectivity index (χ2n) is 22.4. The van der Waals surface area contributed by atoms with Gasteiger partial charge in [0.25, 0.3) is 0 Å². The van der Waals surface area contributed by atoms with Crippen molar-refractivity contribution in [1.29, 1.82) is 0 Å². The number of benzene rings is 3. The van der Waals surface area contributed by atoms with E-state index in [1.165, 1.54) is 184 Å². The Labute approximate surface area is 461 Å². The summed E-state index contributed by atoms with van der Waals surface area (Å²) in [5, 5.41) is 1.29. The van der Waals surface area contributed by atoms with Crippen LogP contribution in [0.25, 0.3) is 0 Å². The third-order valence-electron chi connectivity index (χ3n) is 13.9. The number of hydrogen-bond donors (Lipinski definition) is 0. The maximum atomic E-state index is 9.93. The van der Waals surface area contributed by atoms with E-state index in [9.17, 15) is 16.9 Å². The molecule has 0 N–H and O–H groups in total. The SMILES string of the molecule is CCCCCCCC(C)(C)[Si]CCCc1cc([S+](c2ccc(OC)c(CCC[Si]C(C)(C)CCCCCCC)c2)c2ccc(OC)c(CCC[Si]C(C)(C)CCCCCCC)c2)ccc1OC.[F][Sb-]([F])([F])([F])([F])[F]. The molecule has 0 saturated carbocycles. The van der Waals surface area contributed by atoms with Gasteiger partial charge in [0.1, 0.15) is 17.2 Å². The molecule has 3 aromatic rings. The van der Waals surface area contributed by atoms with Crippen LogP contribution in [0.15, 0.2) is 69.3 Å². The number of rotatable bonds is 39. The molecule has 0 unspecified atom stereocenters. The first-order chi connectivity index (χ1) is 34.7. The van der Waals surface area contributed by atoms with E-state index >= 15 is 0 Å². The minimum absolute atomic E-state index is 0.322. The van der Waals surface area contributed by atoms with Gasteiger partial charge in [-0.25, -0.2) is 0 Å². The predicted octanol–water partition coefficient (Wildman–Crippen LogP) is 20.8. The summed E-state index contributed by atoms with van der Waals surface area (Å²) in [4.78, 5) is 4.09. The number of halogens is 6. The quantitative estimate of drug-likeness (QED) is 0.0247. The van der Waals surface area contributed by atoms with Crippen LogP contribution in [0.3, 0.4) is 0 Å². The number of hydrogen-bond acceptors (Lipinski definition) is 3. The second kappa shape index (κ2) is 33.1. The molecule has 14 heteroatoms. The van der Waals surface area contributed by atoms with Crippen molar-refractivity contribution in [2.45, 2.75) is 264 Å². The van der Waals surface area contributed by atoms with Gasteiger partial charge in [-0.3, -0.25) is 0 Å². The van der Waals surface area contributed by atoms with Crippen LogP contribution in [0.4, 0.5) is 16.9 Å². The second-order valence-corrected chi connectivity index (χ2v) is 36.5. The topological polar surface area (TPSA) is 27.7 Å². The molecule has 0 atom stereocenters. The first kappa shape index (κ1) is 68.6. The van der Waals surface area contributed by atoms with E-state index in [4.69, 9.17) is 14.2 Å². The summed E-state index contributed by atoms with van der Waals surface area (Å²) in [5.41, 5.74) is 4.01. The van der Waals surface area contributed by atoms with Crippen molar-refractivity contribution in [3.05, 3.63) is 71.3 Å². The molecule has 0 aliphatic rings. The minimum atomic E-state index is -11.2. The molecule has 74 heavy (non-hydrogen) atoms. The average Bonchev–Trinajstić information content (AvgIpc) is 3.32. The van der Waals surface area contributed by atoms with Gasteiger partial charge >= 0.3 is 36.4 Å². The summed E-state index contributed by atoms with van der Waals surface area (Å²) in [5.74, 6) is 3.06. The Morgan fingerprint density at radius 2 is 0.635 bits per heavy atom. The third kappa shape index (κ3) is 31.8. The van der Waals surface area contributed by atoms with Crippen LogP contribution in [0, 0.1) is 0 Å². The van der Waals surface area contributed by atoms with Crippen LogP contribution in [-0.4, -0.2) is 69.4 Å². The van der Waals surface area contributed by atoms with E-state index in [2.05, 4.69) is 117 Å². The molecule has 422 valence electrons. The number of methoxy groups -OCH3 is 3. The zero-order valence-electron chi connectivity index (χ0n) is 48.1. The van der Waals surface area contributed by atoms with Crippen molar-refractivity contribution >= 4 is 58.9 Å². The van der Waals surface area contributed by atoms with Gasteiger partial charge in [0.2, 0.25) is 0 Å². The van der Waals surface area contributed by atoms with E-state index in [0.717, 1.165) is 65.1 Å². The van der Waals surface area contributed by atoms with Gasteiger partial charge in [-0.05, 0) is 87.5 Å². The number of ether oxygens (including phenoxy) is 3. The average molecular weight is 1220 g/mol. The molecular formula is C60H99F6O3SSbSi3. The fourth-order valence-corrected chi connectivity index (χ4v) is 15.9. The van der Waals surface area contributed by atoms with Gasteiger partial charge in [0.15, 0.2) is 14.7 Å². The Morgan fingerprint density at radius 1 is 0.392 bits per heavy atom. The molecule has 0 aliphatic carbocycles. The number of unbranched alkanes of at least 4 members (excludes halogenated alkanes) is 12. The predicted molar refractivity (Wildman–Crippen MR) is 312 cm³/mol. The summed E-state index contributed by atoms with van der Waals surface area (Å²) in [6.07, 6.45) is 31.2. The molecule has 0 aromatic heterocycles. The monoisotopic (exact) mass is 1220 g/mol. The van der Waals surface area contributed by atoms with Crippen molar-refractivity contribution < 1.29 is 31.1 Å². The summed E-state index contributed by atoms with van der Waals surface area (Å²) < 4.78 is 77.8. The molecule has 0 heterocycles. The third-order valence-corrected chi connectivity index (χ3v) is 21.5. The molecule has 0 bridgehead atoms. The van der Waals surface area contributed by atoms with Gasteiger partial charge < -0.3 is 14.2 Å². The van der Waals surface area contributed by atoms with E-state index in [1.54, 1.807) is 0 Å². The zero-order valence-corrected chi connectivity index (χ0v) is 54.5. The number of aryl methyl sites for hydroxylation is 3. The normalized spacial score (nSPS) is 13.3. The molecule has 0 amide bonds. The summed E-state index contributed by atoms with van der Waals surface area (Å²) in [7, 11) is 8.19. The van der Waals surface area contributed by atoms with Crippen molar-refractivity contribution in [2.75, 3.05) is 21.3 Å². The molecular weight excluding hydrogens is 1120 g/mol. The molecule has 0 spiro atoms. The molecule has 6 radical (unpaired) electrons. The van der Waals surface area contributed by atoms with Crippen LogP contribution in [0.1, 0.15) is 214 Å². The van der Waals surface area contributed by atoms with Gasteiger partial charge in [-0.15, -0.1) is 0 Å². The van der Waals surface area contributed by atoms with Crippen LogP contribution in [0.2, 0.25) is 33.2 Å². The molecule has 0 saturated heterocycles. The van der Waals surface area contributed by atoms with Gasteiger partial charge in [-0.1, -0.05) is 215 Å². The van der Waals surface area contributed by atoms with Crippen LogP contribution >= 0.6 is 0 Å². The van der Waals surface area contributed by atoms with Crippen LogP contribution in [-0.2, 0) is 30.2 Å². The Bertz CT molecular complexity index is 1800. The van der Waals surface area contributed by atoms with Crippen molar-refractivity contribution in [2.24, 2.45) is 0 Å². The Balaban J connectivity index is 0.00000249. The summed E-state index contributed by atoms with van der Waals surface area (Å²) in [6.45, 7) is 21.9. The molecule has 3 rings (SSSR count). The zero-order chi connectivity index (χ0) is 55.4. The first-order valence-electron chi connectivity index (χ1n) is 28.2. The fraction of sp³-hybridized carbons (Fsp3) is 0.700. The Morgan fingerprint density at radius 3 is 0.865 bits per heavy atom. The first-order valence-corrected chi connectivity index (χ1v) is 38.9. The molecule has 3 nitrogen and oxygen atoms in total.